The predicted octanol–water partition coefficient (Wildman–Crippen LogP) is 9.02. The van der Waals surface area contributed by atoms with Gasteiger partial charge in [-0.25, -0.2) is 29.1 Å². The first-order valence-corrected chi connectivity index (χ1v) is 35.0. The zero-order valence-electron chi connectivity index (χ0n) is 54.0. The van der Waals surface area contributed by atoms with Gasteiger partial charge in [0.15, 0.2) is 27.4 Å². The molecule has 12 atom stereocenters. The van der Waals surface area contributed by atoms with Crippen LogP contribution in [-0.4, -0.2) is 182 Å². The van der Waals surface area contributed by atoms with Crippen molar-refractivity contribution in [1.82, 2.24) is 39.0 Å². The van der Waals surface area contributed by atoms with Crippen LogP contribution < -0.4 is 20.9 Å². The molecule has 0 radical (unpaired) electrons. The summed E-state index contributed by atoms with van der Waals surface area (Å²) in [6, 6.07) is 0. The van der Waals surface area contributed by atoms with Crippen molar-refractivity contribution in [3.05, 3.63) is 44.2 Å². The number of phosphoric acid groups is 2. The maximum Gasteiger partial charge on any atom is 0.475 e. The Morgan fingerprint density at radius 1 is 0.813 bits per heavy atom. The smallest absolute Gasteiger partial charge is 0.475 e. The van der Waals surface area contributed by atoms with E-state index in [1.165, 1.54) is 79.4 Å². The highest BCUT2D eigenvalue weighted by molar-refractivity contribution is 7.71. The zero-order chi connectivity index (χ0) is 66.2. The van der Waals surface area contributed by atoms with Gasteiger partial charge in [-0.3, -0.25) is 27.2 Å². The highest BCUT2D eigenvalue weighted by Gasteiger charge is 2.51. The van der Waals surface area contributed by atoms with Gasteiger partial charge in [-0.1, -0.05) is 97.1 Å². The lowest BCUT2D eigenvalue weighted by Gasteiger charge is -2.38. The van der Waals surface area contributed by atoms with E-state index in [2.05, 4.69) is 85.3 Å². The van der Waals surface area contributed by atoms with Gasteiger partial charge >= 0.3 is 15.6 Å². The summed E-state index contributed by atoms with van der Waals surface area (Å²) in [6.45, 7) is 16.8. The molecule has 7 rings (SSSR count). The van der Waals surface area contributed by atoms with Crippen molar-refractivity contribution >= 4 is 74.3 Å². The number of hydrogen-bond donors (Lipinski definition) is 8. The molecule has 0 amide bonds. The number of nitrogens with two attached hydrogens (primary N) is 2. The van der Waals surface area contributed by atoms with E-state index in [1.54, 1.807) is 0 Å². The number of aromatic amines is 2. The van der Waals surface area contributed by atoms with E-state index in [0.717, 1.165) is 78.7 Å². The average Bonchev–Trinajstić information content (AvgIpc) is 1.73. The second-order valence-corrected chi connectivity index (χ2v) is 28.3. The fraction of sp³-hybridized carbons (Fsp3) is 0.729. The van der Waals surface area contributed by atoms with Crippen molar-refractivity contribution < 1.29 is 85.1 Å². The van der Waals surface area contributed by atoms with Gasteiger partial charge in [0.2, 0.25) is 0 Å². The lowest BCUT2D eigenvalue weighted by molar-refractivity contribution is -0.0617. The molecule has 0 bridgehead atoms. The summed E-state index contributed by atoms with van der Waals surface area (Å²) in [5, 5.41) is 33.1. The summed E-state index contributed by atoms with van der Waals surface area (Å²) >= 11 is 10.6. The van der Waals surface area contributed by atoms with Crippen LogP contribution in [0.25, 0.3) is 22.3 Å². The normalized spacial score (nSPS) is 21.6. The van der Waals surface area contributed by atoms with Crippen LogP contribution in [0.3, 0.4) is 0 Å². The number of H-pyrrole nitrogens is 2. The number of nitrogens with zero attached hydrogens (tertiary/aromatic N) is 6. The fourth-order valence-corrected chi connectivity index (χ4v) is 13.9. The molecule has 5 unspecified atom stereocenters. The fourth-order valence-electron chi connectivity index (χ4n) is 11.4. The van der Waals surface area contributed by atoms with Gasteiger partial charge in [0.05, 0.1) is 78.7 Å². The molecule has 512 valence electrons. The average molecular weight is 1360 g/mol. The molecule has 6 heterocycles. The van der Waals surface area contributed by atoms with Gasteiger partial charge in [0.1, 0.15) is 82.7 Å². The molecule has 1 fully saturated rings. The summed E-state index contributed by atoms with van der Waals surface area (Å²) < 4.78 is 99.8. The van der Waals surface area contributed by atoms with Crippen LogP contribution in [0, 0.1) is 47.8 Å². The number of anilines is 2. The Labute approximate surface area is 542 Å². The maximum absolute atomic E-state index is 14.2. The number of aromatic nitrogens is 8. The van der Waals surface area contributed by atoms with Crippen molar-refractivity contribution in [2.75, 3.05) is 91.8 Å². The summed E-state index contributed by atoms with van der Waals surface area (Å²) in [4.78, 5) is 33.0. The SMILES string of the molecule is CO[C@H](COP(=O)(OC)OC1C(O)[C@H](n2cnc3c(=S)nc(N)[nH]c32)O[C@@H]1COP(=O)(O)O[C@H](CO)COCCOCCOCCOc1c(C)c(C)c2c(c1C)CC[C@@](C)(CCC[C@H](C)CCC[C@H](C)CCCC(C)C)O2)C(O)Cn1cnc2c(=S)nc(N)[nH]c21. The van der Waals surface area contributed by atoms with Crippen molar-refractivity contribution in [3.8, 4) is 11.5 Å². The molecular weight excluding hydrogens is 1260 g/mol. The minimum atomic E-state index is -5.06. The largest absolute Gasteiger partial charge is 0.491 e. The van der Waals surface area contributed by atoms with Gasteiger partial charge in [-0.2, -0.15) is 0 Å². The molecule has 0 saturated carbocycles. The Balaban J connectivity index is 0.826. The number of ether oxygens (including phenoxy) is 7. The van der Waals surface area contributed by atoms with Gasteiger partial charge in [0.25, 0.3) is 0 Å². The third-order valence-electron chi connectivity index (χ3n) is 16.8. The first-order chi connectivity index (χ1) is 43.3. The third-order valence-corrected chi connectivity index (χ3v) is 19.8. The number of benzene rings is 1. The van der Waals surface area contributed by atoms with Crippen LogP contribution in [0.15, 0.2) is 12.7 Å². The summed E-state index contributed by atoms with van der Waals surface area (Å²) in [7, 11) is -7.51. The van der Waals surface area contributed by atoms with Crippen molar-refractivity contribution in [2.45, 2.75) is 181 Å². The topological polar surface area (TPSA) is 371 Å². The number of phosphoric ester groups is 2. The number of methoxy groups -OCH3 is 1. The highest BCUT2D eigenvalue weighted by atomic mass is 32.1. The number of hydrogen-bond acceptors (Lipinski definition) is 25. The van der Waals surface area contributed by atoms with Crippen LogP contribution in [0.5, 0.6) is 11.5 Å². The van der Waals surface area contributed by atoms with Gasteiger partial charge in [-0.15, -0.1) is 0 Å². The van der Waals surface area contributed by atoms with Crippen LogP contribution >= 0.6 is 40.1 Å². The van der Waals surface area contributed by atoms with E-state index in [4.69, 9.17) is 91.7 Å². The lowest BCUT2D eigenvalue weighted by atomic mass is 9.83. The zero-order valence-corrected chi connectivity index (χ0v) is 57.5. The number of aliphatic hydroxyl groups is 3. The minimum absolute atomic E-state index is 0.0279. The van der Waals surface area contributed by atoms with Crippen LogP contribution in [0.1, 0.15) is 127 Å². The Bertz CT molecular complexity index is 3360. The lowest BCUT2D eigenvalue weighted by Crippen LogP contribution is -2.38. The number of nitrogen functional groups attached to an aromatic ring is 2. The Morgan fingerprint density at radius 2 is 1.42 bits per heavy atom. The van der Waals surface area contributed by atoms with E-state index in [-0.39, 0.29) is 70.9 Å². The Hall–Kier alpha value is -4.14. The molecule has 91 heavy (non-hydrogen) atoms. The van der Waals surface area contributed by atoms with Crippen LogP contribution in [0.2, 0.25) is 0 Å². The molecule has 0 aliphatic carbocycles. The van der Waals surface area contributed by atoms with Gasteiger partial charge in [0, 0.05) is 19.8 Å². The van der Waals surface area contributed by atoms with E-state index in [9.17, 15) is 29.3 Å². The maximum atomic E-state index is 14.2. The van der Waals surface area contributed by atoms with E-state index >= 15 is 0 Å². The van der Waals surface area contributed by atoms with E-state index in [0.29, 0.717) is 31.0 Å². The third kappa shape index (κ3) is 20.7. The molecule has 2 aliphatic heterocycles. The van der Waals surface area contributed by atoms with Gasteiger partial charge < -0.3 is 79.4 Å². The van der Waals surface area contributed by atoms with Crippen LogP contribution in [0.4, 0.5) is 11.9 Å². The monoisotopic (exact) mass is 1360 g/mol. The van der Waals surface area contributed by atoms with Crippen molar-refractivity contribution in [2.24, 2.45) is 17.8 Å². The van der Waals surface area contributed by atoms with E-state index in [1.807, 2.05) is 0 Å². The van der Waals surface area contributed by atoms with Gasteiger partial charge in [-0.05, 0) is 87.8 Å². The summed E-state index contributed by atoms with van der Waals surface area (Å²) in [6.07, 6.45) is 5.74. The molecular formula is C59H96N10O18P2S2. The Kier molecular flexibility index (Phi) is 28.2. The molecule has 2 aliphatic rings. The number of nitrogens with one attached hydrogen (secondary N) is 2. The molecule has 4 aromatic heterocycles. The van der Waals surface area contributed by atoms with Crippen LogP contribution in [-0.2, 0) is 68.4 Å². The molecule has 32 heteroatoms. The summed E-state index contributed by atoms with van der Waals surface area (Å²) in [5.41, 5.74) is 17.2. The molecule has 10 N–H and O–H groups in total. The molecule has 1 aromatic carbocycles. The second kappa shape index (κ2) is 34.5. The number of rotatable bonds is 41. The Morgan fingerprint density at radius 3 is 2.05 bits per heavy atom. The standard InChI is InChI=1S/C59H96N10O18P2S2/c1-35(2)14-11-15-36(3)16-12-17-37(4)18-13-20-59(8)21-19-42-40(7)49(38(5)39(6)50(42)85-59)81-27-26-79-23-22-78-24-25-80-30-41(29-70)86-88(73,74)82-32-45-51(48(72)56(84-45)69-34-63-47-53(69)65-58(61)67-55(47)91)87-89(75,77-10)83-31-44(76-9)43(71)28-68-33-62-46-52(68)64-57(60)66-54(46)90/h33-37,41,43-45,48,51,56,70-72H,11-32H2,1-10H3,(H,73,74)(H3,60,64,66,90)(H3,61,65,67,91)/t36-,37-,41-,43?,44-,45-,48?,51?,56-,59-,89?/m1/s1. The molecule has 5 aromatic rings. The second-order valence-electron chi connectivity index (χ2n) is 24.4. The number of imidazole rings is 2. The highest BCUT2D eigenvalue weighted by Crippen LogP contribution is 2.54. The molecule has 0 spiro atoms. The quantitative estimate of drug-likeness (QED) is 0.0103. The number of aliphatic hydroxyl groups excluding tert-OH is 3. The summed E-state index contributed by atoms with van der Waals surface area (Å²) in [5.74, 6) is 4.15. The first-order valence-electron chi connectivity index (χ1n) is 31.2. The minimum Gasteiger partial charge on any atom is -0.491 e. The van der Waals surface area contributed by atoms with E-state index < -0.39 is 78.3 Å². The van der Waals surface area contributed by atoms with Crippen molar-refractivity contribution in [1.29, 1.82) is 0 Å². The molecule has 1 saturated heterocycles. The predicted molar refractivity (Wildman–Crippen MR) is 345 cm³/mol. The van der Waals surface area contributed by atoms with Crippen molar-refractivity contribution in [3.63, 3.8) is 0 Å². The molecule has 28 nitrogen and oxygen atoms in total. The number of fused-ring (bicyclic) bond motifs is 3. The first kappa shape index (κ1) is 74.3.